The second-order valence-corrected chi connectivity index (χ2v) is 6.44. The highest BCUT2D eigenvalue weighted by molar-refractivity contribution is 6.43. The van der Waals surface area contributed by atoms with Crippen molar-refractivity contribution in [2.45, 2.75) is 25.8 Å². The van der Waals surface area contributed by atoms with E-state index < -0.39 is 0 Å². The lowest BCUT2D eigenvalue weighted by Crippen LogP contribution is -2.36. The van der Waals surface area contributed by atoms with Gasteiger partial charge < -0.3 is 10.6 Å². The lowest BCUT2D eigenvalue weighted by atomic mass is 10.1. The van der Waals surface area contributed by atoms with Crippen molar-refractivity contribution in [1.29, 1.82) is 0 Å². The number of hydrogen-bond acceptors (Lipinski definition) is 4. The fourth-order valence-electron chi connectivity index (χ4n) is 2.90. The predicted octanol–water partition coefficient (Wildman–Crippen LogP) is 2.09. The number of carbonyl (C=O) groups excluding carboxylic acids is 3. The maximum atomic E-state index is 12.7. The van der Waals surface area contributed by atoms with E-state index in [-0.39, 0.29) is 37.0 Å². The van der Waals surface area contributed by atoms with E-state index in [9.17, 15) is 14.4 Å². The maximum absolute atomic E-state index is 12.7. The van der Waals surface area contributed by atoms with Crippen molar-refractivity contribution in [1.82, 2.24) is 10.3 Å². The van der Waals surface area contributed by atoms with Crippen molar-refractivity contribution in [2.75, 3.05) is 12.4 Å². The van der Waals surface area contributed by atoms with Crippen molar-refractivity contribution >= 4 is 29.1 Å². The summed E-state index contributed by atoms with van der Waals surface area (Å²) >= 11 is 0. The van der Waals surface area contributed by atoms with Crippen LogP contribution in [-0.4, -0.2) is 35.5 Å². The summed E-state index contributed by atoms with van der Waals surface area (Å²) in [7, 11) is 1.57. The van der Waals surface area contributed by atoms with Gasteiger partial charge in [0.1, 0.15) is 5.71 Å². The van der Waals surface area contributed by atoms with Crippen molar-refractivity contribution in [2.24, 2.45) is 5.10 Å². The molecule has 144 valence electrons. The zero-order chi connectivity index (χ0) is 19.9. The molecule has 0 radical (unpaired) electrons. The van der Waals surface area contributed by atoms with Crippen LogP contribution in [0.15, 0.2) is 59.7 Å². The van der Waals surface area contributed by atoms with Crippen LogP contribution in [0.3, 0.4) is 0 Å². The molecule has 28 heavy (non-hydrogen) atoms. The number of nitrogens with zero attached hydrogens (tertiary/aromatic N) is 2. The maximum Gasteiger partial charge on any atom is 0.271 e. The van der Waals surface area contributed by atoms with Gasteiger partial charge in [0, 0.05) is 25.6 Å². The number of amides is 3. The van der Waals surface area contributed by atoms with Gasteiger partial charge in [-0.3, -0.25) is 14.4 Å². The second kappa shape index (κ2) is 8.94. The van der Waals surface area contributed by atoms with Crippen LogP contribution in [0, 0.1) is 0 Å². The molecule has 1 aliphatic heterocycles. The molecule has 0 saturated heterocycles. The Morgan fingerprint density at radius 1 is 1.04 bits per heavy atom. The molecule has 0 fully saturated rings. The van der Waals surface area contributed by atoms with Crippen LogP contribution in [0.1, 0.15) is 24.0 Å². The van der Waals surface area contributed by atoms with Gasteiger partial charge in [0.25, 0.3) is 5.91 Å². The fraction of sp³-hybridized carbons (Fsp3) is 0.238. The molecule has 2 aromatic rings. The number of para-hydroxylation sites is 1. The van der Waals surface area contributed by atoms with E-state index in [2.05, 4.69) is 15.7 Å². The summed E-state index contributed by atoms with van der Waals surface area (Å²) in [5.41, 5.74) is 2.51. The first-order chi connectivity index (χ1) is 13.6. The van der Waals surface area contributed by atoms with E-state index in [1.165, 1.54) is 5.01 Å². The first-order valence-corrected chi connectivity index (χ1v) is 9.08. The summed E-state index contributed by atoms with van der Waals surface area (Å²) in [5, 5.41) is 11.0. The highest BCUT2D eigenvalue weighted by atomic mass is 16.2. The Labute approximate surface area is 163 Å². The summed E-state index contributed by atoms with van der Waals surface area (Å²) in [4.78, 5) is 36.6. The van der Waals surface area contributed by atoms with E-state index >= 15 is 0 Å². The third-order valence-corrected chi connectivity index (χ3v) is 4.44. The number of benzene rings is 2. The van der Waals surface area contributed by atoms with Crippen molar-refractivity contribution < 1.29 is 14.4 Å². The summed E-state index contributed by atoms with van der Waals surface area (Å²) in [5.74, 6) is -0.619. The van der Waals surface area contributed by atoms with E-state index in [1.807, 2.05) is 36.4 Å². The molecule has 2 N–H and O–H groups in total. The van der Waals surface area contributed by atoms with Crippen LogP contribution < -0.4 is 10.6 Å². The predicted molar refractivity (Wildman–Crippen MR) is 107 cm³/mol. The van der Waals surface area contributed by atoms with Gasteiger partial charge in [0.2, 0.25) is 11.8 Å². The summed E-state index contributed by atoms with van der Waals surface area (Å²) in [6.07, 6.45) is 0.685. The Kier molecular flexibility index (Phi) is 6.16. The molecule has 1 aliphatic rings. The van der Waals surface area contributed by atoms with E-state index in [1.54, 1.807) is 25.2 Å². The van der Waals surface area contributed by atoms with Crippen LogP contribution in [0.4, 0.5) is 5.69 Å². The Hall–Kier alpha value is -3.48. The number of carbonyl (C=O) groups is 3. The topological polar surface area (TPSA) is 90.9 Å². The molecule has 3 rings (SSSR count). The van der Waals surface area contributed by atoms with Gasteiger partial charge in [0.05, 0.1) is 13.0 Å². The second-order valence-electron chi connectivity index (χ2n) is 6.44. The molecule has 7 heteroatoms. The number of nitrogens with one attached hydrogen (secondary N) is 2. The van der Waals surface area contributed by atoms with Crippen molar-refractivity contribution in [3.8, 4) is 0 Å². The smallest absolute Gasteiger partial charge is 0.271 e. The normalized spacial score (nSPS) is 13.7. The monoisotopic (exact) mass is 378 g/mol. The van der Waals surface area contributed by atoms with Crippen molar-refractivity contribution in [3.05, 3.63) is 65.7 Å². The molecule has 1 heterocycles. The Morgan fingerprint density at radius 2 is 1.75 bits per heavy atom. The van der Waals surface area contributed by atoms with Gasteiger partial charge in [-0.1, -0.05) is 48.5 Å². The number of hydrogen-bond donors (Lipinski definition) is 2. The third kappa shape index (κ3) is 4.82. The first-order valence-electron chi connectivity index (χ1n) is 9.08. The highest BCUT2D eigenvalue weighted by Gasteiger charge is 2.25. The molecule has 0 atom stereocenters. The van der Waals surface area contributed by atoms with E-state index in [0.29, 0.717) is 23.5 Å². The minimum absolute atomic E-state index is 0.111. The molecule has 7 nitrogen and oxygen atoms in total. The Bertz CT molecular complexity index is 909. The molecule has 0 unspecified atom stereocenters. The molecule has 0 aliphatic carbocycles. The lowest BCUT2D eigenvalue weighted by molar-refractivity contribution is -0.132. The highest BCUT2D eigenvalue weighted by Crippen LogP contribution is 2.18. The van der Waals surface area contributed by atoms with Crippen LogP contribution in [0.2, 0.25) is 0 Å². The first kappa shape index (κ1) is 19.3. The number of hydrazone groups is 1. The Morgan fingerprint density at radius 3 is 2.50 bits per heavy atom. The van der Waals surface area contributed by atoms with Crippen LogP contribution in [-0.2, 0) is 27.3 Å². The van der Waals surface area contributed by atoms with Gasteiger partial charge in [-0.25, -0.2) is 5.01 Å². The third-order valence-electron chi connectivity index (χ3n) is 4.44. The molecule has 2 aromatic carbocycles. The molecule has 0 saturated carbocycles. The summed E-state index contributed by atoms with van der Waals surface area (Å²) in [6.45, 7) is 0.323. The summed E-state index contributed by atoms with van der Waals surface area (Å²) < 4.78 is 0. The molecule has 3 amide bonds. The zero-order valence-corrected chi connectivity index (χ0v) is 15.6. The summed E-state index contributed by atoms with van der Waals surface area (Å²) in [6, 6.07) is 16.6. The average Bonchev–Trinajstić information content (AvgIpc) is 2.71. The molecular formula is C21H22N4O3. The van der Waals surface area contributed by atoms with Gasteiger partial charge in [0.15, 0.2) is 0 Å². The van der Waals surface area contributed by atoms with E-state index in [4.69, 9.17) is 0 Å². The standard InChI is InChI=1S/C21H22N4O3/c1-22-19(26)13-16-9-5-6-10-17(16)23-21(28)18-11-12-20(27)25(24-18)14-15-7-3-2-4-8-15/h2-10H,11-14H2,1H3,(H,22,26)(H,23,28). The number of anilines is 1. The minimum atomic E-state index is -0.366. The van der Waals surface area contributed by atoms with Gasteiger partial charge in [-0.05, 0) is 17.2 Å². The largest absolute Gasteiger partial charge is 0.359 e. The van der Waals surface area contributed by atoms with Crippen LogP contribution >= 0.6 is 0 Å². The number of likely N-dealkylation sites (N-methyl/N-ethyl adjacent to an activating group) is 1. The van der Waals surface area contributed by atoms with Gasteiger partial charge in [-0.2, -0.15) is 5.10 Å². The molecule has 0 bridgehead atoms. The quantitative estimate of drug-likeness (QED) is 0.806. The van der Waals surface area contributed by atoms with Gasteiger partial charge in [-0.15, -0.1) is 0 Å². The SMILES string of the molecule is CNC(=O)Cc1ccccc1NC(=O)C1=NN(Cc2ccccc2)C(=O)CC1. The Balaban J connectivity index is 1.74. The van der Waals surface area contributed by atoms with Crippen LogP contribution in [0.25, 0.3) is 0 Å². The van der Waals surface area contributed by atoms with E-state index in [0.717, 1.165) is 5.56 Å². The van der Waals surface area contributed by atoms with Crippen molar-refractivity contribution in [3.63, 3.8) is 0 Å². The van der Waals surface area contributed by atoms with Gasteiger partial charge >= 0.3 is 0 Å². The number of rotatable bonds is 6. The zero-order valence-electron chi connectivity index (χ0n) is 15.6. The van der Waals surface area contributed by atoms with Crippen LogP contribution in [0.5, 0.6) is 0 Å². The molecular weight excluding hydrogens is 356 g/mol. The molecule has 0 spiro atoms. The lowest BCUT2D eigenvalue weighted by Gasteiger charge is -2.23. The molecule has 0 aromatic heterocycles. The minimum Gasteiger partial charge on any atom is -0.359 e. The fourth-order valence-corrected chi connectivity index (χ4v) is 2.90. The average molecular weight is 378 g/mol.